The molecule has 26 heavy (non-hydrogen) atoms. The van der Waals surface area contributed by atoms with Crippen molar-refractivity contribution in [1.82, 2.24) is 15.6 Å². The predicted molar refractivity (Wildman–Crippen MR) is 116 cm³/mol. The van der Waals surface area contributed by atoms with Gasteiger partial charge in [0.2, 0.25) is 0 Å². The fourth-order valence-electron chi connectivity index (χ4n) is 2.28. The minimum absolute atomic E-state index is 0. The van der Waals surface area contributed by atoms with Crippen molar-refractivity contribution < 1.29 is 9.13 Å². The Balaban J connectivity index is 0.00000338. The number of aryl methyl sites for hydroxylation is 2. The van der Waals surface area contributed by atoms with Crippen LogP contribution < -0.4 is 10.6 Å². The van der Waals surface area contributed by atoms with Gasteiger partial charge in [0.25, 0.3) is 0 Å². The van der Waals surface area contributed by atoms with Gasteiger partial charge in [0.15, 0.2) is 5.96 Å². The van der Waals surface area contributed by atoms with Crippen LogP contribution in [0, 0.1) is 19.7 Å². The lowest BCUT2D eigenvalue weighted by molar-refractivity contribution is 0.181. The van der Waals surface area contributed by atoms with E-state index in [-0.39, 0.29) is 36.4 Å². The second-order valence-corrected chi connectivity index (χ2v) is 6.94. The molecule has 1 aromatic carbocycles. The molecule has 1 heterocycles. The number of aliphatic imine (C=N–C) groups is 1. The Morgan fingerprint density at radius 1 is 1.31 bits per heavy atom. The Hall–Kier alpha value is -1.26. The van der Waals surface area contributed by atoms with E-state index in [9.17, 15) is 4.39 Å². The van der Waals surface area contributed by atoms with Gasteiger partial charge >= 0.3 is 0 Å². The van der Waals surface area contributed by atoms with Gasteiger partial charge in [-0.25, -0.2) is 14.4 Å². The maximum absolute atomic E-state index is 13.7. The average molecular weight is 492 g/mol. The molecule has 2 rings (SSSR count). The molecule has 0 aliphatic carbocycles. The molecule has 2 N–H and O–H groups in total. The lowest BCUT2D eigenvalue weighted by Crippen LogP contribution is -2.36. The van der Waals surface area contributed by atoms with Crippen LogP contribution in [0.3, 0.4) is 0 Å². The molecule has 0 aliphatic heterocycles. The van der Waals surface area contributed by atoms with Gasteiger partial charge in [-0.15, -0.1) is 35.3 Å². The molecule has 1 aromatic heterocycles. The standard InChI is InChI=1S/C18H25FN4OS.HI/c1-5-20-18(22-10-17-23-12(2)13(3)25-17)21-9-14-6-7-16(19)15(8-14)11-24-4;/h6-8H,5,9-11H2,1-4H3,(H2,20,21,22);1H. The van der Waals surface area contributed by atoms with Crippen LogP contribution in [0.15, 0.2) is 23.2 Å². The first-order valence-electron chi connectivity index (χ1n) is 8.24. The number of nitrogens with zero attached hydrogens (tertiary/aromatic N) is 2. The van der Waals surface area contributed by atoms with E-state index in [1.165, 1.54) is 10.9 Å². The third-order valence-corrected chi connectivity index (χ3v) is 4.73. The summed E-state index contributed by atoms with van der Waals surface area (Å²) in [5.74, 6) is 0.458. The Bertz CT molecular complexity index is 716. The molecule has 8 heteroatoms. The van der Waals surface area contributed by atoms with Crippen LogP contribution in [0.1, 0.15) is 33.6 Å². The molecule has 0 atom stereocenters. The van der Waals surface area contributed by atoms with E-state index < -0.39 is 0 Å². The zero-order valence-electron chi connectivity index (χ0n) is 15.6. The van der Waals surface area contributed by atoms with Gasteiger partial charge in [0.1, 0.15) is 10.8 Å². The zero-order valence-corrected chi connectivity index (χ0v) is 18.7. The van der Waals surface area contributed by atoms with Crippen molar-refractivity contribution in [3.8, 4) is 0 Å². The van der Waals surface area contributed by atoms with Crippen molar-refractivity contribution in [3.05, 3.63) is 50.7 Å². The first-order chi connectivity index (χ1) is 12.0. The predicted octanol–water partition coefficient (Wildman–Crippen LogP) is 3.92. The highest BCUT2D eigenvalue weighted by Crippen LogP contribution is 2.16. The Labute approximate surface area is 175 Å². The highest BCUT2D eigenvalue weighted by molar-refractivity contribution is 14.0. The Morgan fingerprint density at radius 3 is 2.69 bits per heavy atom. The molecule has 0 saturated carbocycles. The highest BCUT2D eigenvalue weighted by Gasteiger charge is 2.06. The summed E-state index contributed by atoms with van der Waals surface area (Å²) >= 11 is 1.69. The van der Waals surface area contributed by atoms with Crippen molar-refractivity contribution in [2.45, 2.75) is 40.5 Å². The number of rotatable bonds is 7. The van der Waals surface area contributed by atoms with Crippen LogP contribution >= 0.6 is 35.3 Å². The smallest absolute Gasteiger partial charge is 0.191 e. The van der Waals surface area contributed by atoms with Crippen molar-refractivity contribution in [2.24, 2.45) is 4.99 Å². The second kappa shape index (κ2) is 11.5. The molecule has 0 bridgehead atoms. The molecular weight excluding hydrogens is 466 g/mol. The van der Waals surface area contributed by atoms with Crippen LogP contribution in [0.4, 0.5) is 4.39 Å². The highest BCUT2D eigenvalue weighted by atomic mass is 127. The molecule has 2 aromatic rings. The van der Waals surface area contributed by atoms with Crippen molar-refractivity contribution >= 4 is 41.3 Å². The molecule has 0 spiro atoms. The molecule has 0 radical (unpaired) electrons. The first-order valence-corrected chi connectivity index (χ1v) is 9.06. The molecule has 0 amide bonds. The van der Waals surface area contributed by atoms with E-state index in [2.05, 4.69) is 27.5 Å². The van der Waals surface area contributed by atoms with Crippen LogP contribution in [0.25, 0.3) is 0 Å². The lowest BCUT2D eigenvalue weighted by atomic mass is 10.1. The fourth-order valence-corrected chi connectivity index (χ4v) is 3.15. The quantitative estimate of drug-likeness (QED) is 0.350. The number of hydrogen-bond acceptors (Lipinski definition) is 4. The van der Waals surface area contributed by atoms with Gasteiger partial charge in [-0.2, -0.15) is 0 Å². The molecule has 0 aliphatic rings. The van der Waals surface area contributed by atoms with E-state index >= 15 is 0 Å². The SMILES string of the molecule is CCNC(=NCc1ccc(F)c(COC)c1)NCc1nc(C)c(C)s1.I. The molecule has 0 unspecified atom stereocenters. The first kappa shape index (κ1) is 22.8. The van der Waals surface area contributed by atoms with E-state index in [0.29, 0.717) is 24.6 Å². The zero-order chi connectivity index (χ0) is 18.2. The topological polar surface area (TPSA) is 58.5 Å². The van der Waals surface area contributed by atoms with Gasteiger partial charge < -0.3 is 15.4 Å². The average Bonchev–Trinajstić information content (AvgIpc) is 2.91. The number of thiazole rings is 1. The van der Waals surface area contributed by atoms with E-state index in [1.807, 2.05) is 13.8 Å². The minimum Gasteiger partial charge on any atom is -0.380 e. The number of nitrogens with one attached hydrogen (secondary N) is 2. The number of aromatic nitrogens is 1. The van der Waals surface area contributed by atoms with E-state index in [4.69, 9.17) is 4.74 Å². The summed E-state index contributed by atoms with van der Waals surface area (Å²) in [4.78, 5) is 10.3. The minimum atomic E-state index is -0.255. The maximum Gasteiger partial charge on any atom is 0.191 e. The summed E-state index contributed by atoms with van der Waals surface area (Å²) in [5, 5.41) is 7.53. The summed E-state index contributed by atoms with van der Waals surface area (Å²) in [7, 11) is 1.56. The molecule has 144 valence electrons. The van der Waals surface area contributed by atoms with Crippen LogP contribution in [-0.2, 0) is 24.4 Å². The van der Waals surface area contributed by atoms with E-state index in [0.717, 1.165) is 22.8 Å². The van der Waals surface area contributed by atoms with Crippen molar-refractivity contribution in [2.75, 3.05) is 13.7 Å². The normalized spacial score (nSPS) is 11.2. The number of halogens is 2. The molecular formula is C18H26FIN4OS. The lowest BCUT2D eigenvalue weighted by Gasteiger charge is -2.10. The number of hydrogen-bond donors (Lipinski definition) is 2. The van der Waals surface area contributed by atoms with Crippen molar-refractivity contribution in [3.63, 3.8) is 0 Å². The monoisotopic (exact) mass is 492 g/mol. The van der Waals surface area contributed by atoms with Gasteiger partial charge in [-0.05, 0) is 38.5 Å². The molecule has 0 saturated heterocycles. The van der Waals surface area contributed by atoms with Gasteiger partial charge in [0.05, 0.1) is 25.4 Å². The third-order valence-electron chi connectivity index (χ3n) is 3.65. The number of methoxy groups -OCH3 is 1. The number of benzene rings is 1. The third kappa shape index (κ3) is 6.81. The Morgan fingerprint density at radius 2 is 2.08 bits per heavy atom. The summed E-state index contributed by atoms with van der Waals surface area (Å²) in [6.45, 7) is 8.21. The maximum atomic E-state index is 13.7. The van der Waals surface area contributed by atoms with Crippen molar-refractivity contribution in [1.29, 1.82) is 0 Å². The summed E-state index contributed by atoms with van der Waals surface area (Å²) in [5.41, 5.74) is 2.55. The van der Waals surface area contributed by atoms with Crippen LogP contribution in [0.2, 0.25) is 0 Å². The van der Waals surface area contributed by atoms with Crippen LogP contribution in [0.5, 0.6) is 0 Å². The van der Waals surface area contributed by atoms with E-state index in [1.54, 1.807) is 30.6 Å². The van der Waals surface area contributed by atoms with Gasteiger partial charge in [0, 0.05) is 24.1 Å². The molecule has 5 nitrogen and oxygen atoms in total. The van der Waals surface area contributed by atoms with Gasteiger partial charge in [-0.1, -0.05) is 6.07 Å². The summed E-state index contributed by atoms with van der Waals surface area (Å²) < 4.78 is 18.7. The van der Waals surface area contributed by atoms with Gasteiger partial charge in [-0.3, -0.25) is 0 Å². The largest absolute Gasteiger partial charge is 0.380 e. The fraction of sp³-hybridized carbons (Fsp3) is 0.444. The summed E-state index contributed by atoms with van der Waals surface area (Å²) in [6.07, 6.45) is 0. The Kier molecular flexibility index (Phi) is 10.0. The molecule has 0 fully saturated rings. The second-order valence-electron chi connectivity index (χ2n) is 5.66. The number of ether oxygens (including phenoxy) is 1. The number of guanidine groups is 1. The summed E-state index contributed by atoms with van der Waals surface area (Å²) in [6, 6.07) is 5.00. The van der Waals surface area contributed by atoms with Crippen LogP contribution in [-0.4, -0.2) is 24.6 Å².